The van der Waals surface area contributed by atoms with Crippen molar-refractivity contribution in [3.8, 4) is 0 Å². The molecule has 1 saturated carbocycles. The number of hydrogen-bond acceptors (Lipinski definition) is 3. The first-order chi connectivity index (χ1) is 8.20. The summed E-state index contributed by atoms with van der Waals surface area (Å²) < 4.78 is 2.08. The minimum atomic E-state index is -0.154. The van der Waals surface area contributed by atoms with Crippen molar-refractivity contribution in [2.24, 2.45) is 11.7 Å². The molecule has 1 aromatic rings. The minimum Gasteiger partial charge on any atom is -0.369 e. The second-order valence-electron chi connectivity index (χ2n) is 4.63. The van der Waals surface area contributed by atoms with Crippen molar-refractivity contribution in [1.82, 2.24) is 9.55 Å². The number of nitrogens with one attached hydrogen (secondary N) is 1. The van der Waals surface area contributed by atoms with E-state index >= 15 is 0 Å². The zero-order chi connectivity index (χ0) is 12.3. The zero-order valence-electron chi connectivity index (χ0n) is 10.2. The number of rotatable bonds is 4. The van der Waals surface area contributed by atoms with Gasteiger partial charge in [0.2, 0.25) is 11.9 Å². The topological polar surface area (TPSA) is 72.9 Å². The number of aryl methyl sites for hydroxylation is 1. The summed E-state index contributed by atoms with van der Waals surface area (Å²) in [4.78, 5) is 15.4. The average Bonchev–Trinajstić information content (AvgIpc) is 2.77. The van der Waals surface area contributed by atoms with Crippen LogP contribution >= 0.6 is 0 Å². The lowest BCUT2D eigenvalue weighted by Crippen LogP contribution is -2.33. The third kappa shape index (κ3) is 2.78. The number of carbonyl (C=O) groups is 1. The van der Waals surface area contributed by atoms with Gasteiger partial charge in [-0.1, -0.05) is 0 Å². The number of carbonyl (C=O) groups excluding carboxylic acids is 1. The predicted molar refractivity (Wildman–Crippen MR) is 66.5 cm³/mol. The van der Waals surface area contributed by atoms with Crippen LogP contribution in [-0.2, 0) is 11.3 Å². The van der Waals surface area contributed by atoms with Crippen LogP contribution in [0.25, 0.3) is 0 Å². The largest absolute Gasteiger partial charge is 0.369 e. The number of hydrogen-bond donors (Lipinski definition) is 2. The summed E-state index contributed by atoms with van der Waals surface area (Å²) in [6, 6.07) is 0.415. The van der Waals surface area contributed by atoms with Gasteiger partial charge in [0.25, 0.3) is 0 Å². The highest BCUT2D eigenvalue weighted by atomic mass is 16.1. The van der Waals surface area contributed by atoms with E-state index in [1.165, 1.54) is 0 Å². The molecule has 0 bridgehead atoms. The molecule has 0 spiro atoms. The fourth-order valence-corrected chi connectivity index (χ4v) is 2.41. The summed E-state index contributed by atoms with van der Waals surface area (Å²) in [5.74, 6) is 0.840. The van der Waals surface area contributed by atoms with Gasteiger partial charge in [0.15, 0.2) is 0 Å². The van der Waals surface area contributed by atoms with Crippen LogP contribution in [-0.4, -0.2) is 21.5 Å². The van der Waals surface area contributed by atoms with Crippen LogP contribution in [0.2, 0.25) is 0 Å². The van der Waals surface area contributed by atoms with Crippen LogP contribution in [0.1, 0.15) is 32.6 Å². The zero-order valence-corrected chi connectivity index (χ0v) is 10.2. The second kappa shape index (κ2) is 5.21. The Kier molecular flexibility index (Phi) is 3.66. The van der Waals surface area contributed by atoms with E-state index in [0.717, 1.165) is 38.2 Å². The number of primary amides is 1. The summed E-state index contributed by atoms with van der Waals surface area (Å²) in [5, 5.41) is 3.44. The summed E-state index contributed by atoms with van der Waals surface area (Å²) >= 11 is 0. The molecule has 0 atom stereocenters. The molecule has 2 rings (SSSR count). The molecule has 3 N–H and O–H groups in total. The van der Waals surface area contributed by atoms with E-state index in [4.69, 9.17) is 5.73 Å². The van der Waals surface area contributed by atoms with Crippen molar-refractivity contribution in [1.29, 1.82) is 0 Å². The Morgan fingerprint density at radius 2 is 2.24 bits per heavy atom. The molecule has 1 heterocycles. The molecule has 1 fully saturated rings. The Bertz CT molecular complexity index is 380. The van der Waals surface area contributed by atoms with Crippen molar-refractivity contribution in [2.45, 2.75) is 45.2 Å². The lowest BCUT2D eigenvalue weighted by molar-refractivity contribution is -0.122. The first-order valence-corrected chi connectivity index (χ1v) is 6.27. The van der Waals surface area contributed by atoms with Gasteiger partial charge in [0.05, 0.1) is 0 Å². The quantitative estimate of drug-likeness (QED) is 0.829. The van der Waals surface area contributed by atoms with E-state index in [0.29, 0.717) is 6.04 Å². The van der Waals surface area contributed by atoms with E-state index in [1.54, 1.807) is 6.20 Å². The molecule has 0 aromatic carbocycles. The normalized spacial score (nSPS) is 24.5. The third-order valence-electron chi connectivity index (χ3n) is 3.52. The lowest BCUT2D eigenvalue weighted by atomic mass is 9.86. The number of anilines is 1. The van der Waals surface area contributed by atoms with Crippen LogP contribution in [0.5, 0.6) is 0 Å². The Morgan fingerprint density at radius 3 is 2.82 bits per heavy atom. The number of nitrogens with zero attached hydrogens (tertiary/aromatic N) is 2. The molecule has 0 aliphatic heterocycles. The van der Waals surface area contributed by atoms with E-state index in [2.05, 4.69) is 21.8 Å². The van der Waals surface area contributed by atoms with Gasteiger partial charge in [-0.3, -0.25) is 4.79 Å². The van der Waals surface area contributed by atoms with E-state index in [1.807, 2.05) is 6.20 Å². The minimum absolute atomic E-state index is 0.0685. The average molecular weight is 236 g/mol. The van der Waals surface area contributed by atoms with E-state index < -0.39 is 0 Å². The molecule has 1 aliphatic rings. The van der Waals surface area contributed by atoms with Crippen molar-refractivity contribution >= 4 is 11.9 Å². The fraction of sp³-hybridized carbons (Fsp3) is 0.667. The van der Waals surface area contributed by atoms with E-state index in [-0.39, 0.29) is 11.8 Å². The van der Waals surface area contributed by atoms with Gasteiger partial charge in [-0.2, -0.15) is 0 Å². The molecular weight excluding hydrogens is 216 g/mol. The summed E-state index contributed by atoms with van der Waals surface area (Å²) in [7, 11) is 0. The molecule has 94 valence electrons. The molecule has 0 saturated heterocycles. The molecule has 1 amide bonds. The van der Waals surface area contributed by atoms with Crippen LogP contribution in [0.4, 0.5) is 5.95 Å². The van der Waals surface area contributed by atoms with Gasteiger partial charge in [0, 0.05) is 30.9 Å². The highest BCUT2D eigenvalue weighted by molar-refractivity contribution is 5.76. The Hall–Kier alpha value is -1.52. The Labute approximate surface area is 101 Å². The third-order valence-corrected chi connectivity index (χ3v) is 3.52. The molecule has 1 aliphatic carbocycles. The Morgan fingerprint density at radius 1 is 1.53 bits per heavy atom. The molecule has 0 unspecified atom stereocenters. The number of amides is 1. The molecule has 5 nitrogen and oxygen atoms in total. The second-order valence-corrected chi connectivity index (χ2v) is 4.63. The number of nitrogens with two attached hydrogens (primary N) is 1. The highest BCUT2D eigenvalue weighted by Crippen LogP contribution is 2.25. The lowest BCUT2D eigenvalue weighted by Gasteiger charge is -2.27. The van der Waals surface area contributed by atoms with Crippen LogP contribution in [0.3, 0.4) is 0 Å². The summed E-state index contributed by atoms with van der Waals surface area (Å²) in [5.41, 5.74) is 5.32. The monoisotopic (exact) mass is 236 g/mol. The van der Waals surface area contributed by atoms with Crippen molar-refractivity contribution in [3.05, 3.63) is 12.4 Å². The van der Waals surface area contributed by atoms with Crippen molar-refractivity contribution in [2.75, 3.05) is 5.32 Å². The van der Waals surface area contributed by atoms with Crippen LogP contribution in [0, 0.1) is 5.92 Å². The highest BCUT2D eigenvalue weighted by Gasteiger charge is 2.25. The number of imidazole rings is 1. The maximum absolute atomic E-state index is 11.1. The van der Waals surface area contributed by atoms with Gasteiger partial charge in [0.1, 0.15) is 0 Å². The SMILES string of the molecule is CCn1ccnc1NC1CCC(C(N)=O)CC1. The predicted octanol–water partition coefficient (Wildman–Crippen LogP) is 1.36. The van der Waals surface area contributed by atoms with Crippen molar-refractivity contribution < 1.29 is 4.79 Å². The number of aromatic nitrogens is 2. The molecule has 1 aromatic heterocycles. The maximum Gasteiger partial charge on any atom is 0.220 e. The first kappa shape index (κ1) is 12.0. The first-order valence-electron chi connectivity index (χ1n) is 6.27. The van der Waals surface area contributed by atoms with Crippen LogP contribution in [0.15, 0.2) is 12.4 Å². The van der Waals surface area contributed by atoms with Gasteiger partial charge < -0.3 is 15.6 Å². The molecule has 0 radical (unpaired) electrons. The fourth-order valence-electron chi connectivity index (χ4n) is 2.41. The van der Waals surface area contributed by atoms with Gasteiger partial charge in [-0.25, -0.2) is 4.98 Å². The van der Waals surface area contributed by atoms with Gasteiger partial charge >= 0.3 is 0 Å². The molecule has 5 heteroatoms. The van der Waals surface area contributed by atoms with E-state index in [9.17, 15) is 4.79 Å². The Balaban J connectivity index is 1.88. The van der Waals surface area contributed by atoms with Crippen LogP contribution < -0.4 is 11.1 Å². The summed E-state index contributed by atoms with van der Waals surface area (Å²) in [6.07, 6.45) is 7.53. The molecule has 17 heavy (non-hydrogen) atoms. The smallest absolute Gasteiger partial charge is 0.220 e. The molecular formula is C12H20N4O. The maximum atomic E-state index is 11.1. The summed E-state index contributed by atoms with van der Waals surface area (Å²) in [6.45, 7) is 3.01. The van der Waals surface area contributed by atoms with Crippen molar-refractivity contribution in [3.63, 3.8) is 0 Å². The van der Waals surface area contributed by atoms with Gasteiger partial charge in [-0.05, 0) is 32.6 Å². The van der Waals surface area contributed by atoms with Gasteiger partial charge in [-0.15, -0.1) is 0 Å². The standard InChI is InChI=1S/C12H20N4O/c1-2-16-8-7-14-12(16)15-10-5-3-9(4-6-10)11(13)17/h7-10H,2-6H2,1H3,(H2,13,17)(H,14,15).